The molecule has 150 valence electrons. The number of barbiturate groups is 1. The number of carbonyl (C=O) groups is 3. The molecule has 0 atom stereocenters. The van der Waals surface area contributed by atoms with E-state index in [0.29, 0.717) is 23.7 Å². The summed E-state index contributed by atoms with van der Waals surface area (Å²) in [5.74, 6) is -0.515. The second-order valence-electron chi connectivity index (χ2n) is 5.88. The van der Waals surface area contributed by atoms with Gasteiger partial charge >= 0.3 is 6.03 Å². The number of nitrogens with zero attached hydrogens (tertiary/aromatic N) is 1. The van der Waals surface area contributed by atoms with E-state index in [1.807, 2.05) is 6.92 Å². The lowest BCUT2D eigenvalue weighted by atomic mass is 10.1. The Morgan fingerprint density at radius 3 is 2.59 bits per heavy atom. The summed E-state index contributed by atoms with van der Waals surface area (Å²) in [6.07, 6.45) is 1.40. The number of urea groups is 1. The number of carbonyl (C=O) groups excluding carboxylic acids is 3. The standard InChI is InChI=1S/C20H16ClIN2O5/c1-3-29-17-14(22)9-11(10-16(17)28-2)8-12-18(25)23-20(27)24(19(12)26)15-7-5-4-6-13(15)21/h4-10H,3H2,1-2H3,(H,23,25,27)/b12-8-. The van der Waals surface area contributed by atoms with Gasteiger partial charge in [0.2, 0.25) is 0 Å². The molecule has 1 N–H and O–H groups in total. The normalized spacial score (nSPS) is 15.5. The lowest BCUT2D eigenvalue weighted by Gasteiger charge is -2.27. The van der Waals surface area contributed by atoms with Gasteiger partial charge in [-0.05, 0) is 65.4 Å². The summed E-state index contributed by atoms with van der Waals surface area (Å²) in [6.45, 7) is 2.32. The van der Waals surface area contributed by atoms with E-state index in [1.165, 1.54) is 19.3 Å². The Labute approximate surface area is 185 Å². The van der Waals surface area contributed by atoms with Crippen LogP contribution in [0.1, 0.15) is 12.5 Å². The molecule has 4 amide bonds. The van der Waals surface area contributed by atoms with Crippen LogP contribution in [-0.2, 0) is 9.59 Å². The zero-order valence-corrected chi connectivity index (χ0v) is 18.4. The van der Waals surface area contributed by atoms with Crippen molar-refractivity contribution in [2.24, 2.45) is 0 Å². The molecule has 1 heterocycles. The Morgan fingerprint density at radius 1 is 1.21 bits per heavy atom. The average molecular weight is 527 g/mol. The van der Waals surface area contributed by atoms with Crippen LogP contribution in [0, 0.1) is 3.57 Å². The molecule has 29 heavy (non-hydrogen) atoms. The van der Waals surface area contributed by atoms with Crippen LogP contribution in [0.25, 0.3) is 6.08 Å². The van der Waals surface area contributed by atoms with Gasteiger partial charge in [-0.15, -0.1) is 0 Å². The molecule has 7 nitrogen and oxygen atoms in total. The first-order valence-electron chi connectivity index (χ1n) is 8.53. The Bertz CT molecular complexity index is 1040. The number of imide groups is 2. The van der Waals surface area contributed by atoms with Gasteiger partial charge in [0.15, 0.2) is 11.5 Å². The highest BCUT2D eigenvalue weighted by Gasteiger charge is 2.37. The van der Waals surface area contributed by atoms with Crippen molar-refractivity contribution in [3.8, 4) is 11.5 Å². The number of para-hydroxylation sites is 1. The van der Waals surface area contributed by atoms with E-state index in [-0.39, 0.29) is 16.3 Å². The molecule has 0 bridgehead atoms. The van der Waals surface area contributed by atoms with Crippen LogP contribution in [0.15, 0.2) is 42.0 Å². The number of amides is 4. The predicted molar refractivity (Wildman–Crippen MR) is 117 cm³/mol. The quantitative estimate of drug-likeness (QED) is 0.361. The third-order valence-electron chi connectivity index (χ3n) is 4.05. The summed E-state index contributed by atoms with van der Waals surface area (Å²) >= 11 is 8.21. The number of anilines is 1. The zero-order valence-electron chi connectivity index (χ0n) is 15.5. The topological polar surface area (TPSA) is 84.9 Å². The number of benzene rings is 2. The highest BCUT2D eigenvalue weighted by molar-refractivity contribution is 14.1. The number of rotatable bonds is 5. The van der Waals surface area contributed by atoms with E-state index >= 15 is 0 Å². The summed E-state index contributed by atoms with van der Waals surface area (Å²) in [5, 5.41) is 2.38. The fourth-order valence-corrected chi connectivity index (χ4v) is 3.78. The van der Waals surface area contributed by atoms with Crippen molar-refractivity contribution in [1.82, 2.24) is 5.32 Å². The smallest absolute Gasteiger partial charge is 0.335 e. The van der Waals surface area contributed by atoms with Gasteiger partial charge in [0.05, 0.1) is 28.0 Å². The van der Waals surface area contributed by atoms with E-state index < -0.39 is 17.8 Å². The van der Waals surface area contributed by atoms with Gasteiger partial charge in [-0.2, -0.15) is 0 Å². The van der Waals surface area contributed by atoms with Crippen molar-refractivity contribution >= 4 is 63.8 Å². The van der Waals surface area contributed by atoms with Crippen molar-refractivity contribution < 1.29 is 23.9 Å². The SMILES string of the molecule is CCOc1c(I)cc(/C=C2/C(=O)NC(=O)N(c3ccccc3Cl)C2=O)cc1OC. The number of methoxy groups -OCH3 is 1. The molecule has 2 aromatic rings. The van der Waals surface area contributed by atoms with Gasteiger partial charge < -0.3 is 9.47 Å². The third kappa shape index (κ3) is 4.23. The first-order valence-corrected chi connectivity index (χ1v) is 9.99. The van der Waals surface area contributed by atoms with Gasteiger partial charge in [0.1, 0.15) is 5.57 Å². The van der Waals surface area contributed by atoms with Gasteiger partial charge in [0, 0.05) is 0 Å². The van der Waals surface area contributed by atoms with Crippen molar-refractivity contribution in [3.05, 3.63) is 56.1 Å². The number of hydrogen-bond donors (Lipinski definition) is 1. The summed E-state index contributed by atoms with van der Waals surface area (Å²) < 4.78 is 11.7. The average Bonchev–Trinajstić information content (AvgIpc) is 2.68. The molecule has 0 saturated carbocycles. The van der Waals surface area contributed by atoms with Crippen LogP contribution in [-0.4, -0.2) is 31.6 Å². The molecule has 0 aromatic heterocycles. The summed E-state index contributed by atoms with van der Waals surface area (Å²) in [4.78, 5) is 38.4. The maximum atomic E-state index is 13.0. The molecule has 0 unspecified atom stereocenters. The molecule has 1 aliphatic rings. The Morgan fingerprint density at radius 2 is 1.93 bits per heavy atom. The summed E-state index contributed by atoms with van der Waals surface area (Å²) in [5.41, 5.74) is 0.530. The molecule has 3 rings (SSSR count). The summed E-state index contributed by atoms with van der Waals surface area (Å²) in [6, 6.07) is 8.93. The van der Waals surface area contributed by atoms with Crippen LogP contribution in [0.4, 0.5) is 10.5 Å². The molecular weight excluding hydrogens is 511 g/mol. The Kier molecular flexibility index (Phi) is 6.43. The molecule has 0 spiro atoms. The fraction of sp³-hybridized carbons (Fsp3) is 0.150. The number of ether oxygens (including phenoxy) is 2. The minimum absolute atomic E-state index is 0.189. The number of halogens is 2. The maximum absolute atomic E-state index is 13.0. The lowest BCUT2D eigenvalue weighted by Crippen LogP contribution is -2.54. The predicted octanol–water partition coefficient (Wildman–Crippen LogP) is 4.02. The molecule has 0 aliphatic carbocycles. The van der Waals surface area contributed by atoms with E-state index in [4.69, 9.17) is 21.1 Å². The van der Waals surface area contributed by atoms with E-state index in [9.17, 15) is 14.4 Å². The molecule has 9 heteroatoms. The van der Waals surface area contributed by atoms with Gasteiger partial charge in [0.25, 0.3) is 11.8 Å². The molecule has 0 radical (unpaired) electrons. The number of nitrogens with one attached hydrogen (secondary N) is 1. The van der Waals surface area contributed by atoms with Crippen LogP contribution in [0.2, 0.25) is 5.02 Å². The van der Waals surface area contributed by atoms with Crippen molar-refractivity contribution in [3.63, 3.8) is 0 Å². The second-order valence-corrected chi connectivity index (χ2v) is 7.45. The van der Waals surface area contributed by atoms with Crippen LogP contribution in [0.3, 0.4) is 0 Å². The molecule has 2 aromatic carbocycles. The molecule has 1 aliphatic heterocycles. The minimum atomic E-state index is -0.857. The minimum Gasteiger partial charge on any atom is -0.493 e. The van der Waals surface area contributed by atoms with Gasteiger partial charge in [-0.3, -0.25) is 14.9 Å². The van der Waals surface area contributed by atoms with E-state index in [1.54, 1.807) is 30.3 Å². The van der Waals surface area contributed by atoms with E-state index in [2.05, 4.69) is 27.9 Å². The third-order valence-corrected chi connectivity index (χ3v) is 5.17. The fourth-order valence-electron chi connectivity index (χ4n) is 2.78. The van der Waals surface area contributed by atoms with Crippen molar-refractivity contribution in [2.45, 2.75) is 6.92 Å². The Hall–Kier alpha value is -2.59. The van der Waals surface area contributed by atoms with Crippen LogP contribution in [0.5, 0.6) is 11.5 Å². The number of hydrogen-bond acceptors (Lipinski definition) is 5. The Balaban J connectivity index is 2.05. The molecule has 1 fully saturated rings. The summed E-state index contributed by atoms with van der Waals surface area (Å²) in [7, 11) is 1.50. The van der Waals surface area contributed by atoms with E-state index in [0.717, 1.165) is 8.47 Å². The second kappa shape index (κ2) is 8.83. The highest BCUT2D eigenvalue weighted by Crippen LogP contribution is 2.35. The molecule has 1 saturated heterocycles. The zero-order chi connectivity index (χ0) is 21.1. The van der Waals surface area contributed by atoms with Crippen molar-refractivity contribution in [2.75, 3.05) is 18.6 Å². The maximum Gasteiger partial charge on any atom is 0.335 e. The van der Waals surface area contributed by atoms with Crippen LogP contribution >= 0.6 is 34.2 Å². The lowest BCUT2D eigenvalue weighted by molar-refractivity contribution is -0.122. The van der Waals surface area contributed by atoms with Crippen LogP contribution < -0.4 is 19.7 Å². The highest BCUT2D eigenvalue weighted by atomic mass is 127. The van der Waals surface area contributed by atoms with Gasteiger partial charge in [-0.25, -0.2) is 9.69 Å². The van der Waals surface area contributed by atoms with Crippen molar-refractivity contribution in [1.29, 1.82) is 0 Å². The largest absolute Gasteiger partial charge is 0.493 e. The molecular formula is C20H16ClIN2O5. The first kappa shape index (κ1) is 21.1. The first-order chi connectivity index (χ1) is 13.9. The monoisotopic (exact) mass is 526 g/mol. The van der Waals surface area contributed by atoms with Gasteiger partial charge in [-0.1, -0.05) is 23.7 Å².